The maximum Gasteiger partial charge on any atom is 0.241 e. The smallest absolute Gasteiger partial charge is 0.241 e. The van der Waals surface area contributed by atoms with E-state index in [1.807, 2.05) is 18.2 Å². The van der Waals surface area contributed by atoms with E-state index in [-0.39, 0.29) is 35.6 Å². The van der Waals surface area contributed by atoms with Crippen molar-refractivity contribution >= 4 is 23.3 Å². The van der Waals surface area contributed by atoms with Crippen LogP contribution in [-0.4, -0.2) is 46.6 Å². The molecule has 3 heterocycles. The number of nitrogens with zero attached hydrogens (tertiary/aromatic N) is 2. The Morgan fingerprint density at radius 1 is 1.13 bits per heavy atom. The molecule has 2 fully saturated rings. The molecule has 2 saturated heterocycles. The van der Waals surface area contributed by atoms with E-state index in [1.54, 1.807) is 35.4 Å². The molecule has 2 aromatic rings. The highest BCUT2D eigenvalue weighted by Crippen LogP contribution is 2.24. The molecule has 0 aliphatic carbocycles. The number of hydrogen-bond donors (Lipinski definition) is 3. The number of carbonyl (C=O) groups is 3. The van der Waals surface area contributed by atoms with Crippen LogP contribution < -0.4 is 16.2 Å². The molecule has 3 atom stereocenters. The third-order valence-corrected chi connectivity index (χ3v) is 5.89. The summed E-state index contributed by atoms with van der Waals surface area (Å²) in [6.45, 7) is 2.54. The van der Waals surface area contributed by atoms with Crippen molar-refractivity contribution in [2.45, 2.75) is 38.3 Å². The Labute approximate surface area is 181 Å². The second-order valence-electron chi connectivity index (χ2n) is 8.13. The molecule has 1 aromatic heterocycles. The van der Waals surface area contributed by atoms with E-state index in [2.05, 4.69) is 21.2 Å². The SMILES string of the molecule is CC(=O)c1cccc(NC(=O)C2CCCN(C(=O)C3CC(c4ccccn4)NN3)C2)c1. The molecule has 3 unspecified atom stereocenters. The number of ketones is 1. The van der Waals surface area contributed by atoms with Gasteiger partial charge in [0.15, 0.2) is 5.78 Å². The zero-order valence-corrected chi connectivity index (χ0v) is 17.5. The lowest BCUT2D eigenvalue weighted by molar-refractivity contribution is -0.136. The van der Waals surface area contributed by atoms with Crippen molar-refractivity contribution in [3.8, 4) is 0 Å². The fourth-order valence-electron chi connectivity index (χ4n) is 4.17. The second kappa shape index (κ2) is 9.36. The topological polar surface area (TPSA) is 103 Å². The lowest BCUT2D eigenvalue weighted by Crippen LogP contribution is -2.50. The Kier molecular flexibility index (Phi) is 6.39. The number of aromatic nitrogens is 1. The number of hydrazine groups is 1. The van der Waals surface area contributed by atoms with Crippen LogP contribution in [0.25, 0.3) is 0 Å². The lowest BCUT2D eigenvalue weighted by Gasteiger charge is -2.33. The highest BCUT2D eigenvalue weighted by molar-refractivity contribution is 5.97. The largest absolute Gasteiger partial charge is 0.341 e. The summed E-state index contributed by atoms with van der Waals surface area (Å²) >= 11 is 0. The van der Waals surface area contributed by atoms with Gasteiger partial charge in [0.1, 0.15) is 6.04 Å². The molecular formula is C23H27N5O3. The van der Waals surface area contributed by atoms with Gasteiger partial charge >= 0.3 is 0 Å². The Morgan fingerprint density at radius 3 is 2.77 bits per heavy atom. The quantitative estimate of drug-likeness (QED) is 0.639. The van der Waals surface area contributed by atoms with Gasteiger partial charge in [-0.25, -0.2) is 10.9 Å². The number of rotatable bonds is 5. The summed E-state index contributed by atoms with van der Waals surface area (Å²) < 4.78 is 0. The molecule has 0 bridgehead atoms. The summed E-state index contributed by atoms with van der Waals surface area (Å²) in [4.78, 5) is 43.6. The number of Topliss-reactive ketones (excluding diaryl/α,β-unsaturated/α-hetero) is 1. The molecule has 8 nitrogen and oxygen atoms in total. The van der Waals surface area contributed by atoms with Crippen molar-refractivity contribution in [3.05, 3.63) is 59.9 Å². The van der Waals surface area contributed by atoms with E-state index < -0.39 is 0 Å². The molecule has 0 spiro atoms. The van der Waals surface area contributed by atoms with Crippen LogP contribution in [0.5, 0.6) is 0 Å². The van der Waals surface area contributed by atoms with Gasteiger partial charge in [0.2, 0.25) is 11.8 Å². The van der Waals surface area contributed by atoms with Crippen LogP contribution in [0.15, 0.2) is 48.7 Å². The Hall–Kier alpha value is -3.10. The van der Waals surface area contributed by atoms with Gasteiger partial charge in [-0.3, -0.25) is 19.4 Å². The minimum atomic E-state index is -0.346. The van der Waals surface area contributed by atoms with Crippen molar-refractivity contribution in [1.29, 1.82) is 0 Å². The van der Waals surface area contributed by atoms with Gasteiger partial charge < -0.3 is 10.2 Å². The molecule has 8 heteroatoms. The minimum Gasteiger partial charge on any atom is -0.341 e. The standard InChI is InChI=1S/C23H27N5O3/c1-15(29)16-6-4-8-18(12-16)25-22(30)17-7-5-11-28(14-17)23(31)21-13-20(26-27-21)19-9-2-3-10-24-19/h2-4,6,8-10,12,17,20-21,26-27H,5,7,11,13-14H2,1H3,(H,25,30). The molecule has 3 N–H and O–H groups in total. The molecule has 0 saturated carbocycles. The Bertz CT molecular complexity index is 965. The fraction of sp³-hybridized carbons (Fsp3) is 0.391. The van der Waals surface area contributed by atoms with E-state index in [1.165, 1.54) is 6.92 Å². The van der Waals surface area contributed by atoms with Crippen LogP contribution in [0.2, 0.25) is 0 Å². The van der Waals surface area contributed by atoms with Gasteiger partial charge in [-0.1, -0.05) is 18.2 Å². The van der Waals surface area contributed by atoms with E-state index in [9.17, 15) is 14.4 Å². The van der Waals surface area contributed by atoms with E-state index in [0.717, 1.165) is 18.5 Å². The molecule has 0 radical (unpaired) electrons. The van der Waals surface area contributed by atoms with Gasteiger partial charge in [-0.05, 0) is 50.5 Å². The van der Waals surface area contributed by atoms with Crippen LogP contribution in [0.4, 0.5) is 5.69 Å². The summed E-state index contributed by atoms with van der Waals surface area (Å²) in [5.41, 5.74) is 8.30. The highest BCUT2D eigenvalue weighted by Gasteiger charge is 2.36. The van der Waals surface area contributed by atoms with E-state index >= 15 is 0 Å². The normalized spacial score (nSPS) is 23.4. The van der Waals surface area contributed by atoms with Gasteiger partial charge in [0.05, 0.1) is 17.7 Å². The third kappa shape index (κ3) is 4.98. The first kappa shape index (κ1) is 21.1. The average molecular weight is 422 g/mol. The van der Waals surface area contributed by atoms with E-state index in [4.69, 9.17) is 0 Å². The van der Waals surface area contributed by atoms with Crippen LogP contribution in [0, 0.1) is 5.92 Å². The number of nitrogens with one attached hydrogen (secondary N) is 3. The number of pyridine rings is 1. The van der Waals surface area contributed by atoms with Crippen molar-refractivity contribution in [3.63, 3.8) is 0 Å². The maximum atomic E-state index is 13.1. The molecule has 1 aromatic carbocycles. The number of carbonyl (C=O) groups excluding carboxylic acids is 3. The Balaban J connectivity index is 1.35. The third-order valence-electron chi connectivity index (χ3n) is 5.89. The Morgan fingerprint density at radius 2 is 2.00 bits per heavy atom. The molecular weight excluding hydrogens is 394 g/mol. The summed E-state index contributed by atoms with van der Waals surface area (Å²) in [7, 11) is 0. The number of piperidine rings is 1. The molecule has 2 aliphatic rings. The first-order valence-corrected chi connectivity index (χ1v) is 10.6. The number of benzene rings is 1. The maximum absolute atomic E-state index is 13.1. The first-order valence-electron chi connectivity index (χ1n) is 10.6. The number of amides is 2. The van der Waals surface area contributed by atoms with Crippen molar-refractivity contribution in [2.75, 3.05) is 18.4 Å². The average Bonchev–Trinajstić information content (AvgIpc) is 3.30. The molecule has 2 aliphatic heterocycles. The van der Waals surface area contributed by atoms with Gasteiger partial charge in [-0.15, -0.1) is 0 Å². The predicted octanol–water partition coefficient (Wildman–Crippen LogP) is 2.07. The second-order valence-corrected chi connectivity index (χ2v) is 8.13. The van der Waals surface area contributed by atoms with Crippen molar-refractivity contribution < 1.29 is 14.4 Å². The number of likely N-dealkylation sites (tertiary alicyclic amines) is 1. The van der Waals surface area contributed by atoms with Crippen LogP contribution in [0.1, 0.15) is 48.3 Å². The molecule has 2 amide bonds. The number of hydrogen-bond acceptors (Lipinski definition) is 6. The van der Waals surface area contributed by atoms with Crippen LogP contribution >= 0.6 is 0 Å². The van der Waals surface area contributed by atoms with Crippen molar-refractivity contribution in [1.82, 2.24) is 20.7 Å². The zero-order valence-electron chi connectivity index (χ0n) is 17.5. The highest BCUT2D eigenvalue weighted by atomic mass is 16.2. The molecule has 162 valence electrons. The summed E-state index contributed by atoms with van der Waals surface area (Å²) in [6, 6.07) is 12.3. The minimum absolute atomic E-state index is 0.00186. The van der Waals surface area contributed by atoms with Gasteiger partial charge in [-0.2, -0.15) is 0 Å². The molecule has 4 rings (SSSR count). The van der Waals surface area contributed by atoms with E-state index in [0.29, 0.717) is 30.8 Å². The fourth-order valence-corrected chi connectivity index (χ4v) is 4.17. The van der Waals surface area contributed by atoms with Crippen LogP contribution in [-0.2, 0) is 9.59 Å². The summed E-state index contributed by atoms with van der Waals surface area (Å²) in [5, 5.41) is 2.90. The first-order chi connectivity index (χ1) is 15.0. The molecule has 31 heavy (non-hydrogen) atoms. The summed E-state index contributed by atoms with van der Waals surface area (Å²) in [5.74, 6) is -0.448. The van der Waals surface area contributed by atoms with Crippen molar-refractivity contribution in [2.24, 2.45) is 5.92 Å². The predicted molar refractivity (Wildman–Crippen MR) is 116 cm³/mol. The monoisotopic (exact) mass is 421 g/mol. The van der Waals surface area contributed by atoms with Gasteiger partial charge in [0.25, 0.3) is 0 Å². The van der Waals surface area contributed by atoms with Crippen LogP contribution in [0.3, 0.4) is 0 Å². The summed E-state index contributed by atoms with van der Waals surface area (Å²) in [6.07, 6.45) is 3.86. The zero-order chi connectivity index (χ0) is 21.8. The van der Waals surface area contributed by atoms with Gasteiger partial charge in [0, 0.05) is 30.5 Å². The lowest BCUT2D eigenvalue weighted by atomic mass is 9.95. The number of anilines is 1.